The van der Waals surface area contributed by atoms with Crippen LogP contribution in [-0.2, 0) is 4.79 Å². The zero-order valence-corrected chi connectivity index (χ0v) is 8.06. The number of carbonyl (C=O) groups is 1. The number of nitrogens with two attached hydrogens (primary N) is 1. The van der Waals surface area contributed by atoms with Crippen LogP contribution in [0.25, 0.3) is 0 Å². The molecule has 3 nitrogen and oxygen atoms in total. The molecule has 1 rings (SSSR count). The van der Waals surface area contributed by atoms with Crippen LogP contribution in [0.4, 0.5) is 0 Å². The largest absolute Gasteiger partial charge is 0.481 e. The first kappa shape index (κ1) is 11.7. The highest BCUT2D eigenvalue weighted by Crippen LogP contribution is 2.40. The number of carboxylic acids is 1. The van der Waals surface area contributed by atoms with E-state index in [0.717, 1.165) is 19.3 Å². The molecule has 72 valence electrons. The van der Waals surface area contributed by atoms with Crippen molar-refractivity contribution in [1.29, 1.82) is 0 Å². The Morgan fingerprint density at radius 2 is 2.33 bits per heavy atom. The highest BCUT2D eigenvalue weighted by Gasteiger charge is 2.45. The summed E-state index contributed by atoms with van der Waals surface area (Å²) in [5.41, 5.74) is 5.13. The number of hydrogen-bond donors (Lipinski definition) is 2. The summed E-state index contributed by atoms with van der Waals surface area (Å²) in [5, 5.41) is 8.95. The van der Waals surface area contributed by atoms with E-state index in [1.807, 2.05) is 6.92 Å². The first-order valence-corrected chi connectivity index (χ1v) is 4.12. The van der Waals surface area contributed by atoms with Gasteiger partial charge in [-0.15, -0.1) is 12.4 Å². The molecule has 4 heteroatoms. The maximum Gasteiger partial charge on any atom is 0.311 e. The standard InChI is InChI=1S/C8H15NO2.ClH/c1-2-8(7(10)11)5-3-4-6(8)9;/h6H,2-5,9H2,1H3,(H,10,11);1H/t6-,8+;/m0./s1. The molecule has 0 radical (unpaired) electrons. The van der Waals surface area contributed by atoms with Gasteiger partial charge in [0, 0.05) is 6.04 Å². The van der Waals surface area contributed by atoms with Crippen LogP contribution < -0.4 is 5.73 Å². The van der Waals surface area contributed by atoms with Gasteiger partial charge in [-0.25, -0.2) is 0 Å². The van der Waals surface area contributed by atoms with E-state index >= 15 is 0 Å². The second-order valence-corrected chi connectivity index (χ2v) is 3.31. The average molecular weight is 194 g/mol. The first-order chi connectivity index (χ1) is 5.13. The molecule has 0 aromatic rings. The van der Waals surface area contributed by atoms with Crippen molar-refractivity contribution in [1.82, 2.24) is 0 Å². The van der Waals surface area contributed by atoms with Crippen LogP contribution in [0.1, 0.15) is 32.6 Å². The molecule has 0 saturated heterocycles. The van der Waals surface area contributed by atoms with Crippen molar-refractivity contribution in [2.45, 2.75) is 38.6 Å². The normalized spacial score (nSPS) is 34.3. The fourth-order valence-electron chi connectivity index (χ4n) is 1.95. The van der Waals surface area contributed by atoms with Gasteiger partial charge in [0.15, 0.2) is 0 Å². The van der Waals surface area contributed by atoms with Crippen molar-refractivity contribution in [2.24, 2.45) is 11.1 Å². The van der Waals surface area contributed by atoms with E-state index in [0.29, 0.717) is 6.42 Å². The first-order valence-electron chi connectivity index (χ1n) is 4.12. The van der Waals surface area contributed by atoms with E-state index < -0.39 is 11.4 Å². The summed E-state index contributed by atoms with van der Waals surface area (Å²) in [5.74, 6) is -0.718. The molecule has 1 fully saturated rings. The second kappa shape index (κ2) is 4.10. The molecule has 2 atom stereocenters. The highest BCUT2D eigenvalue weighted by atomic mass is 35.5. The zero-order chi connectivity index (χ0) is 8.48. The van der Waals surface area contributed by atoms with Gasteiger partial charge in [0.25, 0.3) is 0 Å². The number of aliphatic carboxylic acids is 1. The van der Waals surface area contributed by atoms with Gasteiger partial charge in [-0.1, -0.05) is 13.3 Å². The summed E-state index contributed by atoms with van der Waals surface area (Å²) >= 11 is 0. The molecule has 0 aliphatic heterocycles. The number of rotatable bonds is 2. The Morgan fingerprint density at radius 3 is 2.50 bits per heavy atom. The van der Waals surface area contributed by atoms with Crippen molar-refractivity contribution >= 4 is 18.4 Å². The van der Waals surface area contributed by atoms with E-state index in [9.17, 15) is 4.79 Å². The molecule has 1 saturated carbocycles. The van der Waals surface area contributed by atoms with Crippen LogP contribution in [0.15, 0.2) is 0 Å². The average Bonchev–Trinajstić information content (AvgIpc) is 2.32. The lowest BCUT2D eigenvalue weighted by atomic mass is 9.80. The summed E-state index contributed by atoms with van der Waals surface area (Å²) in [4.78, 5) is 10.9. The fourth-order valence-corrected chi connectivity index (χ4v) is 1.95. The molecular weight excluding hydrogens is 178 g/mol. The molecule has 0 aromatic carbocycles. The summed E-state index contributed by atoms with van der Waals surface area (Å²) in [7, 11) is 0. The third kappa shape index (κ3) is 1.57. The molecule has 12 heavy (non-hydrogen) atoms. The Bertz CT molecular complexity index is 174. The number of carboxylic acid groups (broad SMARTS) is 1. The van der Waals surface area contributed by atoms with Crippen molar-refractivity contribution in [3.8, 4) is 0 Å². The van der Waals surface area contributed by atoms with Crippen LogP contribution in [0.5, 0.6) is 0 Å². The summed E-state index contributed by atoms with van der Waals surface area (Å²) in [6.45, 7) is 1.90. The SMILES string of the molecule is CC[C@@]1(C(=O)O)CCC[C@@H]1N.Cl. The predicted molar refractivity (Wildman–Crippen MR) is 49.4 cm³/mol. The molecule has 0 aromatic heterocycles. The Labute approximate surface area is 78.7 Å². The van der Waals surface area contributed by atoms with Crippen molar-refractivity contribution in [2.75, 3.05) is 0 Å². The van der Waals surface area contributed by atoms with E-state index in [1.54, 1.807) is 0 Å². The smallest absolute Gasteiger partial charge is 0.311 e. The van der Waals surface area contributed by atoms with Crippen molar-refractivity contribution in [3.05, 3.63) is 0 Å². The fraction of sp³-hybridized carbons (Fsp3) is 0.875. The lowest BCUT2D eigenvalue weighted by Crippen LogP contribution is -2.42. The van der Waals surface area contributed by atoms with E-state index in [4.69, 9.17) is 10.8 Å². The van der Waals surface area contributed by atoms with Crippen molar-refractivity contribution < 1.29 is 9.90 Å². The summed E-state index contributed by atoms with van der Waals surface area (Å²) < 4.78 is 0. The van der Waals surface area contributed by atoms with Crippen LogP contribution in [0, 0.1) is 5.41 Å². The Morgan fingerprint density at radius 1 is 1.75 bits per heavy atom. The number of halogens is 1. The molecule has 0 unspecified atom stereocenters. The van der Waals surface area contributed by atoms with E-state index in [2.05, 4.69) is 0 Å². The zero-order valence-electron chi connectivity index (χ0n) is 7.25. The molecule has 0 bridgehead atoms. The second-order valence-electron chi connectivity index (χ2n) is 3.31. The quantitative estimate of drug-likeness (QED) is 0.697. The van der Waals surface area contributed by atoms with Crippen LogP contribution in [-0.4, -0.2) is 17.1 Å². The lowest BCUT2D eigenvalue weighted by Gasteiger charge is -2.26. The molecule has 0 heterocycles. The van der Waals surface area contributed by atoms with Gasteiger partial charge in [0.05, 0.1) is 5.41 Å². The summed E-state index contributed by atoms with van der Waals surface area (Å²) in [6.07, 6.45) is 3.23. The van der Waals surface area contributed by atoms with Gasteiger partial charge in [0.1, 0.15) is 0 Å². The predicted octanol–water partition coefficient (Wildman–Crippen LogP) is 1.40. The highest BCUT2D eigenvalue weighted by molar-refractivity contribution is 5.85. The van der Waals surface area contributed by atoms with Gasteiger partial charge >= 0.3 is 5.97 Å². The van der Waals surface area contributed by atoms with Crippen LogP contribution >= 0.6 is 12.4 Å². The van der Waals surface area contributed by atoms with Gasteiger partial charge in [-0.3, -0.25) is 4.79 Å². The lowest BCUT2D eigenvalue weighted by molar-refractivity contribution is -0.149. The topological polar surface area (TPSA) is 63.3 Å². The van der Waals surface area contributed by atoms with Gasteiger partial charge in [0.2, 0.25) is 0 Å². The third-order valence-corrected chi connectivity index (χ3v) is 2.90. The van der Waals surface area contributed by atoms with E-state index in [-0.39, 0.29) is 18.4 Å². The monoisotopic (exact) mass is 193 g/mol. The maximum absolute atomic E-state index is 10.9. The molecule has 3 N–H and O–H groups in total. The Balaban J connectivity index is 0.00000121. The Kier molecular flexibility index (Phi) is 4.00. The van der Waals surface area contributed by atoms with Gasteiger partial charge in [-0.2, -0.15) is 0 Å². The Hall–Kier alpha value is -0.280. The minimum atomic E-state index is -0.718. The van der Waals surface area contributed by atoms with Gasteiger partial charge < -0.3 is 10.8 Å². The minimum absolute atomic E-state index is 0. The molecule has 1 aliphatic rings. The molecule has 1 aliphatic carbocycles. The van der Waals surface area contributed by atoms with Gasteiger partial charge in [-0.05, 0) is 19.3 Å². The minimum Gasteiger partial charge on any atom is -0.481 e. The summed E-state index contributed by atoms with van der Waals surface area (Å²) in [6, 6.07) is -0.134. The molecular formula is C8H16ClNO2. The molecule has 0 amide bonds. The maximum atomic E-state index is 10.9. The van der Waals surface area contributed by atoms with E-state index in [1.165, 1.54) is 0 Å². The van der Waals surface area contributed by atoms with Crippen LogP contribution in [0.3, 0.4) is 0 Å². The van der Waals surface area contributed by atoms with Crippen LogP contribution in [0.2, 0.25) is 0 Å². The number of hydrogen-bond acceptors (Lipinski definition) is 2. The van der Waals surface area contributed by atoms with Crippen molar-refractivity contribution in [3.63, 3.8) is 0 Å². The third-order valence-electron chi connectivity index (χ3n) is 2.90. The molecule has 0 spiro atoms.